The molecule has 0 aliphatic heterocycles. The number of halogens is 3. The standard InChI is InChI=1S/C15H11F3N6O3/c16-15(17,18)8-3-1-7(2-4-8)10-6-20-14(27-10)21-11-5-9(25)12(23-22-11)13(19)24-26/h1-6,26H,(H2,19,24)(H2,20,21,22,25). The third kappa shape index (κ3) is 3.89. The molecule has 0 amide bonds. The van der Waals surface area contributed by atoms with E-state index in [1.807, 2.05) is 0 Å². The minimum absolute atomic E-state index is 0.0323. The lowest BCUT2D eigenvalue weighted by atomic mass is 10.1. The highest BCUT2D eigenvalue weighted by atomic mass is 19.4. The summed E-state index contributed by atoms with van der Waals surface area (Å²) in [4.78, 5) is 3.92. The Bertz CT molecular complexity index is 985. The van der Waals surface area contributed by atoms with E-state index >= 15 is 0 Å². The van der Waals surface area contributed by atoms with Gasteiger partial charge in [0, 0.05) is 11.6 Å². The van der Waals surface area contributed by atoms with E-state index in [-0.39, 0.29) is 23.3 Å². The topological polar surface area (TPSA) is 143 Å². The van der Waals surface area contributed by atoms with Crippen molar-refractivity contribution < 1.29 is 27.9 Å². The molecule has 0 aliphatic rings. The van der Waals surface area contributed by atoms with E-state index in [0.717, 1.165) is 18.2 Å². The number of aromatic nitrogens is 3. The number of rotatable bonds is 4. The summed E-state index contributed by atoms with van der Waals surface area (Å²) < 4.78 is 43.2. The van der Waals surface area contributed by atoms with Gasteiger partial charge in [-0.25, -0.2) is 4.98 Å². The van der Waals surface area contributed by atoms with Crippen molar-refractivity contribution in [2.45, 2.75) is 6.18 Å². The number of nitrogens with zero attached hydrogens (tertiary/aromatic N) is 4. The van der Waals surface area contributed by atoms with Crippen LogP contribution in [0, 0.1) is 0 Å². The van der Waals surface area contributed by atoms with Crippen LogP contribution < -0.4 is 11.1 Å². The number of benzene rings is 1. The number of oxime groups is 1. The lowest BCUT2D eigenvalue weighted by Crippen LogP contribution is -2.16. The van der Waals surface area contributed by atoms with Crippen LogP contribution in [0.4, 0.5) is 25.0 Å². The number of hydrogen-bond acceptors (Lipinski definition) is 8. The number of nitrogens with two attached hydrogens (primary N) is 1. The first-order chi connectivity index (χ1) is 12.8. The van der Waals surface area contributed by atoms with Crippen molar-refractivity contribution in [3.63, 3.8) is 0 Å². The van der Waals surface area contributed by atoms with Crippen molar-refractivity contribution >= 4 is 17.7 Å². The molecule has 3 aromatic rings. The second-order valence-electron chi connectivity index (χ2n) is 5.18. The number of oxazole rings is 1. The fourth-order valence-corrected chi connectivity index (χ4v) is 2.07. The van der Waals surface area contributed by atoms with Gasteiger partial charge in [0.2, 0.25) is 0 Å². The Balaban J connectivity index is 1.77. The van der Waals surface area contributed by atoms with Crippen LogP contribution in [0.1, 0.15) is 11.3 Å². The number of aromatic hydroxyl groups is 1. The van der Waals surface area contributed by atoms with Crippen molar-refractivity contribution in [1.82, 2.24) is 15.2 Å². The molecule has 0 bridgehead atoms. The molecule has 0 unspecified atom stereocenters. The summed E-state index contributed by atoms with van der Waals surface area (Å²) in [6.45, 7) is 0. The Morgan fingerprint density at radius 1 is 1.19 bits per heavy atom. The molecule has 140 valence electrons. The highest BCUT2D eigenvalue weighted by Crippen LogP contribution is 2.31. The summed E-state index contributed by atoms with van der Waals surface area (Å²) in [5.41, 5.74) is 4.71. The van der Waals surface area contributed by atoms with Crippen molar-refractivity contribution in [3.05, 3.63) is 47.8 Å². The molecule has 3 rings (SSSR count). The first-order valence-corrected chi connectivity index (χ1v) is 7.23. The maximum Gasteiger partial charge on any atom is 0.416 e. The van der Waals surface area contributed by atoms with Gasteiger partial charge in [-0.15, -0.1) is 10.2 Å². The van der Waals surface area contributed by atoms with E-state index < -0.39 is 23.3 Å². The van der Waals surface area contributed by atoms with Crippen LogP contribution in [0.3, 0.4) is 0 Å². The number of hydrogen-bond donors (Lipinski definition) is 4. The fourth-order valence-electron chi connectivity index (χ4n) is 2.07. The molecule has 9 nitrogen and oxygen atoms in total. The molecule has 2 heterocycles. The average Bonchev–Trinajstić information content (AvgIpc) is 3.09. The van der Waals surface area contributed by atoms with E-state index in [1.54, 1.807) is 0 Å². The monoisotopic (exact) mass is 380 g/mol. The fraction of sp³-hybridized carbons (Fsp3) is 0.0667. The first-order valence-electron chi connectivity index (χ1n) is 7.23. The van der Waals surface area contributed by atoms with Gasteiger partial charge in [0.15, 0.2) is 28.9 Å². The minimum Gasteiger partial charge on any atom is -0.505 e. The normalized spacial score (nSPS) is 12.2. The Kier molecular flexibility index (Phi) is 4.54. The first kappa shape index (κ1) is 18.0. The van der Waals surface area contributed by atoms with Crippen LogP contribution in [-0.4, -0.2) is 31.3 Å². The van der Waals surface area contributed by atoms with Gasteiger partial charge in [0.25, 0.3) is 0 Å². The van der Waals surface area contributed by atoms with Crippen LogP contribution in [-0.2, 0) is 6.18 Å². The summed E-state index contributed by atoms with van der Waals surface area (Å²) in [5, 5.41) is 31.0. The van der Waals surface area contributed by atoms with Crippen LogP contribution in [0.5, 0.6) is 5.75 Å². The molecule has 12 heteroatoms. The predicted molar refractivity (Wildman–Crippen MR) is 86.4 cm³/mol. The van der Waals surface area contributed by atoms with Gasteiger partial charge in [-0.3, -0.25) is 5.32 Å². The number of amidine groups is 1. The van der Waals surface area contributed by atoms with E-state index in [1.165, 1.54) is 18.3 Å². The molecule has 0 aliphatic carbocycles. The maximum absolute atomic E-state index is 12.6. The summed E-state index contributed by atoms with van der Waals surface area (Å²) >= 11 is 0. The quantitative estimate of drug-likeness (QED) is 0.234. The van der Waals surface area contributed by atoms with Crippen LogP contribution in [0.2, 0.25) is 0 Å². The van der Waals surface area contributed by atoms with E-state index in [0.29, 0.717) is 5.56 Å². The molecule has 0 radical (unpaired) electrons. The second-order valence-corrected chi connectivity index (χ2v) is 5.18. The summed E-state index contributed by atoms with van der Waals surface area (Å²) in [6.07, 6.45) is -3.12. The lowest BCUT2D eigenvalue weighted by molar-refractivity contribution is -0.137. The lowest BCUT2D eigenvalue weighted by Gasteiger charge is -2.06. The number of nitrogens with one attached hydrogen (secondary N) is 1. The van der Waals surface area contributed by atoms with Gasteiger partial charge in [0.1, 0.15) is 0 Å². The SMILES string of the molecule is NC(=NO)c1nnc(Nc2ncc(-c3ccc(C(F)(F)F)cc3)o2)cc1O. The van der Waals surface area contributed by atoms with E-state index in [2.05, 4.69) is 25.7 Å². The molecule has 0 fully saturated rings. The zero-order valence-electron chi connectivity index (χ0n) is 13.3. The van der Waals surface area contributed by atoms with Crippen LogP contribution >= 0.6 is 0 Å². The zero-order valence-corrected chi connectivity index (χ0v) is 13.3. The Labute approximate surface area is 149 Å². The molecule has 2 aromatic heterocycles. The number of anilines is 2. The van der Waals surface area contributed by atoms with Gasteiger partial charge >= 0.3 is 12.2 Å². The molecule has 0 spiro atoms. The summed E-state index contributed by atoms with van der Waals surface area (Å²) in [6, 6.07) is 5.48. The Morgan fingerprint density at radius 3 is 2.48 bits per heavy atom. The largest absolute Gasteiger partial charge is 0.505 e. The summed E-state index contributed by atoms with van der Waals surface area (Å²) in [7, 11) is 0. The van der Waals surface area contributed by atoms with Gasteiger partial charge in [-0.1, -0.05) is 17.3 Å². The second kappa shape index (κ2) is 6.82. The van der Waals surface area contributed by atoms with E-state index in [4.69, 9.17) is 15.4 Å². The maximum atomic E-state index is 12.6. The molecular formula is C15H11F3N6O3. The third-order valence-electron chi connectivity index (χ3n) is 3.36. The number of alkyl halides is 3. The van der Waals surface area contributed by atoms with Gasteiger partial charge in [0.05, 0.1) is 11.8 Å². The average molecular weight is 380 g/mol. The Hall–Kier alpha value is -3.83. The zero-order chi connectivity index (χ0) is 19.6. The third-order valence-corrected chi connectivity index (χ3v) is 3.36. The van der Waals surface area contributed by atoms with Crippen molar-refractivity contribution in [2.75, 3.05) is 5.32 Å². The van der Waals surface area contributed by atoms with Crippen LogP contribution in [0.15, 0.2) is 46.1 Å². The highest BCUT2D eigenvalue weighted by molar-refractivity contribution is 5.97. The van der Waals surface area contributed by atoms with E-state index in [9.17, 15) is 18.3 Å². The minimum atomic E-state index is -4.43. The summed E-state index contributed by atoms with van der Waals surface area (Å²) in [5.74, 6) is -0.566. The molecular weight excluding hydrogens is 369 g/mol. The van der Waals surface area contributed by atoms with Gasteiger partial charge < -0.3 is 20.5 Å². The molecule has 27 heavy (non-hydrogen) atoms. The molecule has 0 atom stereocenters. The molecule has 0 saturated heterocycles. The smallest absolute Gasteiger partial charge is 0.416 e. The molecule has 5 N–H and O–H groups in total. The van der Waals surface area contributed by atoms with Crippen molar-refractivity contribution in [2.24, 2.45) is 10.9 Å². The van der Waals surface area contributed by atoms with Crippen molar-refractivity contribution in [1.29, 1.82) is 0 Å². The Morgan fingerprint density at radius 2 is 1.89 bits per heavy atom. The molecule has 0 saturated carbocycles. The highest BCUT2D eigenvalue weighted by Gasteiger charge is 2.30. The van der Waals surface area contributed by atoms with Gasteiger partial charge in [-0.05, 0) is 12.1 Å². The predicted octanol–water partition coefficient (Wildman–Crippen LogP) is 2.69. The van der Waals surface area contributed by atoms with Crippen LogP contribution in [0.25, 0.3) is 11.3 Å². The molecule has 1 aromatic carbocycles. The van der Waals surface area contributed by atoms with Crippen molar-refractivity contribution in [3.8, 4) is 17.1 Å². The van der Waals surface area contributed by atoms with Gasteiger partial charge in [-0.2, -0.15) is 13.2 Å².